The molecule has 2 nitrogen and oxygen atoms in total. The molecule has 0 aliphatic rings. The summed E-state index contributed by atoms with van der Waals surface area (Å²) in [5.41, 5.74) is 0.614. The van der Waals surface area contributed by atoms with E-state index in [1.165, 1.54) is 6.08 Å². The minimum atomic E-state index is -1.09. The Kier molecular flexibility index (Phi) is 3.61. The van der Waals surface area contributed by atoms with Crippen LogP contribution in [0.4, 0.5) is 0 Å². The minimum absolute atomic E-state index is 0.0144. The van der Waals surface area contributed by atoms with Crippen molar-refractivity contribution in [3.63, 3.8) is 0 Å². The van der Waals surface area contributed by atoms with E-state index in [2.05, 4.69) is 13.2 Å². The van der Waals surface area contributed by atoms with Gasteiger partial charge < -0.3 is 5.11 Å². The molecule has 0 unspecified atom stereocenters. The van der Waals surface area contributed by atoms with Crippen LogP contribution in [0.2, 0.25) is 0 Å². The largest absolute Gasteiger partial charge is 0.478 e. The molecule has 60 valence electrons. The van der Waals surface area contributed by atoms with Crippen molar-refractivity contribution in [2.24, 2.45) is 0 Å². The fourth-order valence-electron chi connectivity index (χ4n) is 0.502. The van der Waals surface area contributed by atoms with Crippen molar-refractivity contribution in [1.29, 1.82) is 0 Å². The first kappa shape index (κ1) is 9.98. The van der Waals surface area contributed by atoms with E-state index in [0.29, 0.717) is 5.57 Å². The standard InChI is InChI=1S/C8H9ClO2/c1-5(2)4-7(6(3)9)8(10)11/h4H,1,3H2,2H3,(H,10,11)/b7-4+. The highest BCUT2D eigenvalue weighted by Crippen LogP contribution is 2.13. The molecule has 3 heteroatoms. The Morgan fingerprint density at radius 1 is 1.55 bits per heavy atom. The van der Waals surface area contributed by atoms with Gasteiger partial charge in [-0.2, -0.15) is 0 Å². The maximum absolute atomic E-state index is 10.4. The van der Waals surface area contributed by atoms with E-state index in [9.17, 15) is 4.79 Å². The van der Waals surface area contributed by atoms with Crippen LogP contribution in [0.3, 0.4) is 0 Å². The van der Waals surface area contributed by atoms with Gasteiger partial charge in [0.15, 0.2) is 0 Å². The Hall–Kier alpha value is -1.02. The molecule has 0 aliphatic heterocycles. The summed E-state index contributed by atoms with van der Waals surface area (Å²) in [6.07, 6.45) is 1.37. The number of aliphatic carboxylic acids is 1. The molecule has 1 N–H and O–H groups in total. The Labute approximate surface area is 70.5 Å². The molecule has 0 saturated heterocycles. The second-order valence-corrected chi connectivity index (χ2v) is 2.57. The van der Waals surface area contributed by atoms with Crippen LogP contribution in [-0.2, 0) is 4.79 Å². The predicted molar refractivity (Wildman–Crippen MR) is 45.5 cm³/mol. The zero-order chi connectivity index (χ0) is 9.02. The van der Waals surface area contributed by atoms with E-state index in [-0.39, 0.29) is 10.6 Å². The summed E-state index contributed by atoms with van der Waals surface area (Å²) in [4.78, 5) is 10.4. The fraction of sp³-hybridized carbons (Fsp3) is 0.125. The third-order valence-corrected chi connectivity index (χ3v) is 1.12. The number of carboxylic acid groups (broad SMARTS) is 1. The first-order chi connectivity index (χ1) is 4.95. The lowest BCUT2D eigenvalue weighted by Crippen LogP contribution is -1.99. The number of carboxylic acids is 1. The van der Waals surface area contributed by atoms with E-state index in [0.717, 1.165) is 0 Å². The number of allylic oxidation sites excluding steroid dienone is 2. The minimum Gasteiger partial charge on any atom is -0.478 e. The van der Waals surface area contributed by atoms with Crippen LogP contribution in [0.25, 0.3) is 0 Å². The molecular formula is C8H9ClO2. The molecule has 0 radical (unpaired) electrons. The van der Waals surface area contributed by atoms with E-state index < -0.39 is 5.97 Å². The number of rotatable bonds is 3. The molecule has 0 bridgehead atoms. The Bertz CT molecular complexity index is 222. The van der Waals surface area contributed by atoms with Gasteiger partial charge in [0.25, 0.3) is 0 Å². The van der Waals surface area contributed by atoms with Gasteiger partial charge >= 0.3 is 5.97 Å². The topological polar surface area (TPSA) is 37.3 Å². The number of carbonyl (C=O) groups is 1. The quantitative estimate of drug-likeness (QED) is 0.524. The van der Waals surface area contributed by atoms with Crippen LogP contribution < -0.4 is 0 Å². The number of hydrogen-bond acceptors (Lipinski definition) is 1. The molecule has 0 spiro atoms. The summed E-state index contributed by atoms with van der Waals surface area (Å²) in [6, 6.07) is 0. The Morgan fingerprint density at radius 2 is 2.00 bits per heavy atom. The molecule has 0 saturated carbocycles. The summed E-state index contributed by atoms with van der Waals surface area (Å²) >= 11 is 5.40. The first-order valence-corrected chi connectivity index (χ1v) is 3.28. The fourth-order valence-corrected chi connectivity index (χ4v) is 0.638. The smallest absolute Gasteiger partial charge is 0.337 e. The van der Waals surface area contributed by atoms with Crippen LogP contribution in [-0.4, -0.2) is 11.1 Å². The average molecular weight is 173 g/mol. The highest BCUT2D eigenvalue weighted by molar-refractivity contribution is 6.34. The van der Waals surface area contributed by atoms with Crippen LogP contribution in [0.1, 0.15) is 6.92 Å². The van der Waals surface area contributed by atoms with Crippen molar-refractivity contribution >= 4 is 17.6 Å². The van der Waals surface area contributed by atoms with Gasteiger partial charge in [0.05, 0.1) is 5.57 Å². The summed E-state index contributed by atoms with van der Waals surface area (Å²) in [5, 5.41) is 8.55. The van der Waals surface area contributed by atoms with Crippen molar-refractivity contribution in [3.8, 4) is 0 Å². The van der Waals surface area contributed by atoms with E-state index in [4.69, 9.17) is 16.7 Å². The summed E-state index contributed by atoms with van der Waals surface area (Å²) in [5.74, 6) is -1.09. The number of hydrogen-bond donors (Lipinski definition) is 1. The molecule has 0 fully saturated rings. The number of halogens is 1. The van der Waals surface area contributed by atoms with Crippen LogP contribution in [0.15, 0.2) is 35.4 Å². The van der Waals surface area contributed by atoms with Gasteiger partial charge in [0, 0.05) is 5.03 Å². The van der Waals surface area contributed by atoms with Gasteiger partial charge in [-0.25, -0.2) is 4.79 Å². The lowest BCUT2D eigenvalue weighted by molar-refractivity contribution is -0.132. The first-order valence-electron chi connectivity index (χ1n) is 2.90. The summed E-state index contributed by atoms with van der Waals surface area (Å²) in [6.45, 7) is 8.51. The second kappa shape index (κ2) is 3.98. The van der Waals surface area contributed by atoms with Crippen molar-refractivity contribution in [2.45, 2.75) is 6.92 Å². The zero-order valence-electron chi connectivity index (χ0n) is 6.22. The van der Waals surface area contributed by atoms with Gasteiger partial charge in [0.1, 0.15) is 0 Å². The third-order valence-electron chi connectivity index (χ3n) is 0.913. The van der Waals surface area contributed by atoms with Crippen LogP contribution >= 0.6 is 11.6 Å². The summed E-state index contributed by atoms with van der Waals surface area (Å²) < 4.78 is 0. The van der Waals surface area contributed by atoms with Crippen molar-refractivity contribution in [1.82, 2.24) is 0 Å². The maximum Gasteiger partial charge on any atom is 0.337 e. The predicted octanol–water partition coefficient (Wildman–Crippen LogP) is 2.33. The molecule has 0 amide bonds. The monoisotopic (exact) mass is 172 g/mol. The molecule has 0 aromatic carbocycles. The van der Waals surface area contributed by atoms with Crippen LogP contribution in [0.5, 0.6) is 0 Å². The molecular weight excluding hydrogens is 164 g/mol. The molecule has 0 atom stereocenters. The van der Waals surface area contributed by atoms with E-state index in [1.807, 2.05) is 0 Å². The van der Waals surface area contributed by atoms with Gasteiger partial charge in [-0.15, -0.1) is 0 Å². The van der Waals surface area contributed by atoms with Gasteiger partial charge in [-0.3, -0.25) is 0 Å². The van der Waals surface area contributed by atoms with Crippen molar-refractivity contribution < 1.29 is 9.90 Å². The van der Waals surface area contributed by atoms with E-state index in [1.54, 1.807) is 6.92 Å². The molecule has 0 aliphatic carbocycles. The molecule has 0 aromatic rings. The highest BCUT2D eigenvalue weighted by atomic mass is 35.5. The zero-order valence-corrected chi connectivity index (χ0v) is 6.98. The highest BCUT2D eigenvalue weighted by Gasteiger charge is 2.08. The Balaban J connectivity index is 4.75. The lowest BCUT2D eigenvalue weighted by Gasteiger charge is -1.97. The maximum atomic E-state index is 10.4. The van der Waals surface area contributed by atoms with Gasteiger partial charge in [-0.1, -0.05) is 30.3 Å². The average Bonchev–Trinajstić information content (AvgIpc) is 1.81. The van der Waals surface area contributed by atoms with Crippen molar-refractivity contribution in [3.05, 3.63) is 35.4 Å². The van der Waals surface area contributed by atoms with Crippen LogP contribution in [0, 0.1) is 0 Å². The lowest BCUT2D eigenvalue weighted by atomic mass is 10.2. The van der Waals surface area contributed by atoms with Crippen molar-refractivity contribution in [2.75, 3.05) is 0 Å². The molecule has 0 rings (SSSR count). The third kappa shape index (κ3) is 3.63. The Morgan fingerprint density at radius 3 is 2.09 bits per heavy atom. The second-order valence-electron chi connectivity index (χ2n) is 2.11. The normalized spacial score (nSPS) is 10.9. The van der Waals surface area contributed by atoms with Gasteiger partial charge in [0.2, 0.25) is 0 Å². The molecule has 0 aromatic heterocycles. The van der Waals surface area contributed by atoms with E-state index >= 15 is 0 Å². The summed E-state index contributed by atoms with van der Waals surface area (Å²) in [7, 11) is 0. The molecule has 0 heterocycles. The SMILES string of the molecule is C=C(C)/C=C(\C(=C)Cl)C(=O)O. The molecule has 11 heavy (non-hydrogen) atoms. The van der Waals surface area contributed by atoms with Gasteiger partial charge in [-0.05, 0) is 13.0 Å².